The van der Waals surface area contributed by atoms with Gasteiger partial charge in [0.25, 0.3) is 0 Å². The van der Waals surface area contributed by atoms with Gasteiger partial charge in [-0.1, -0.05) is 66.0 Å². The molecule has 0 bridgehead atoms. The van der Waals surface area contributed by atoms with Crippen molar-refractivity contribution in [1.29, 1.82) is 0 Å². The molecule has 0 aromatic heterocycles. The maximum Gasteiger partial charge on any atom is 0.243 e. The monoisotopic (exact) mass is 434 g/mol. The van der Waals surface area contributed by atoms with Gasteiger partial charge in [0.15, 0.2) is 0 Å². The first kappa shape index (κ1) is 23.2. The summed E-state index contributed by atoms with van der Waals surface area (Å²) >= 11 is 12.2. The van der Waals surface area contributed by atoms with Crippen LogP contribution in [-0.4, -0.2) is 28.8 Å². The third kappa shape index (κ3) is 6.76. The molecule has 2 amide bonds. The number of amides is 2. The first-order valence-electron chi connectivity index (χ1n) is 9.80. The van der Waals surface area contributed by atoms with Gasteiger partial charge in [0.2, 0.25) is 11.8 Å². The predicted octanol–water partition coefficient (Wildman–Crippen LogP) is 5.18. The normalized spacial score (nSPS) is 12.0. The molecule has 0 heterocycles. The largest absolute Gasteiger partial charge is 0.352 e. The summed E-state index contributed by atoms with van der Waals surface area (Å²) in [7, 11) is 0. The Kier molecular flexibility index (Phi) is 8.54. The van der Waals surface area contributed by atoms with Gasteiger partial charge >= 0.3 is 0 Å². The van der Waals surface area contributed by atoms with Crippen LogP contribution in [0.5, 0.6) is 0 Å². The number of aryl methyl sites for hydroxylation is 1. The Bertz CT molecular complexity index is 868. The third-order valence-electron chi connectivity index (χ3n) is 4.61. The molecule has 2 aromatic rings. The molecule has 4 nitrogen and oxygen atoms in total. The number of rotatable bonds is 8. The highest BCUT2D eigenvalue weighted by Crippen LogP contribution is 2.23. The summed E-state index contributed by atoms with van der Waals surface area (Å²) in [5, 5.41) is 3.90. The van der Waals surface area contributed by atoms with Crippen LogP contribution in [0.2, 0.25) is 10.0 Å². The second kappa shape index (κ2) is 10.7. The SMILES string of the molecule is CCC(C(=O)NC(C)C)N(Cc1cccc(C)c1)C(=O)Cc1ccc(Cl)cc1Cl. The lowest BCUT2D eigenvalue weighted by Gasteiger charge is -2.31. The van der Waals surface area contributed by atoms with Crippen molar-refractivity contribution in [3.05, 3.63) is 69.2 Å². The minimum absolute atomic E-state index is 0.00168. The molecule has 2 aromatic carbocycles. The van der Waals surface area contributed by atoms with Crippen molar-refractivity contribution in [2.75, 3.05) is 0 Å². The van der Waals surface area contributed by atoms with Crippen LogP contribution < -0.4 is 5.32 Å². The highest BCUT2D eigenvalue weighted by Gasteiger charge is 2.29. The average molecular weight is 435 g/mol. The van der Waals surface area contributed by atoms with Gasteiger partial charge in [-0.15, -0.1) is 0 Å². The maximum absolute atomic E-state index is 13.3. The summed E-state index contributed by atoms with van der Waals surface area (Å²) in [6, 6.07) is 12.5. The molecule has 0 aliphatic heterocycles. The van der Waals surface area contributed by atoms with Crippen LogP contribution in [0.1, 0.15) is 43.9 Å². The van der Waals surface area contributed by atoms with E-state index < -0.39 is 6.04 Å². The van der Waals surface area contributed by atoms with E-state index in [1.807, 2.05) is 52.0 Å². The first-order valence-corrected chi connectivity index (χ1v) is 10.6. The van der Waals surface area contributed by atoms with Gasteiger partial charge in [-0.25, -0.2) is 0 Å². The highest BCUT2D eigenvalue weighted by atomic mass is 35.5. The van der Waals surface area contributed by atoms with Gasteiger partial charge in [0, 0.05) is 22.6 Å². The number of benzene rings is 2. The molecule has 1 atom stereocenters. The van der Waals surface area contributed by atoms with Gasteiger partial charge in [-0.05, 0) is 50.5 Å². The van der Waals surface area contributed by atoms with Gasteiger partial charge in [0.05, 0.1) is 6.42 Å². The zero-order chi connectivity index (χ0) is 21.6. The Morgan fingerprint density at radius 3 is 2.41 bits per heavy atom. The Balaban J connectivity index is 2.33. The number of nitrogens with one attached hydrogen (secondary N) is 1. The molecular formula is C23H28Cl2N2O2. The predicted molar refractivity (Wildman–Crippen MR) is 119 cm³/mol. The molecule has 0 saturated heterocycles. The third-order valence-corrected chi connectivity index (χ3v) is 5.20. The molecule has 0 radical (unpaired) electrons. The Labute approximate surface area is 183 Å². The molecule has 0 aliphatic carbocycles. The second-order valence-corrected chi connectivity index (χ2v) is 8.35. The van der Waals surface area contributed by atoms with Gasteiger partial charge in [0.1, 0.15) is 6.04 Å². The van der Waals surface area contributed by atoms with Crippen LogP contribution in [0.25, 0.3) is 0 Å². The Morgan fingerprint density at radius 1 is 1.10 bits per heavy atom. The first-order chi connectivity index (χ1) is 13.7. The van der Waals surface area contributed by atoms with Crippen LogP contribution in [-0.2, 0) is 22.6 Å². The van der Waals surface area contributed by atoms with E-state index in [4.69, 9.17) is 23.2 Å². The van der Waals surface area contributed by atoms with Crippen molar-refractivity contribution in [3.63, 3.8) is 0 Å². The summed E-state index contributed by atoms with van der Waals surface area (Å²) in [6.07, 6.45) is 0.623. The van der Waals surface area contributed by atoms with Gasteiger partial charge in [-0.2, -0.15) is 0 Å². The molecule has 1 N–H and O–H groups in total. The van der Waals surface area contributed by atoms with Crippen molar-refractivity contribution in [1.82, 2.24) is 10.2 Å². The van der Waals surface area contributed by atoms with E-state index in [1.165, 1.54) is 0 Å². The summed E-state index contributed by atoms with van der Waals surface area (Å²) < 4.78 is 0. The lowest BCUT2D eigenvalue weighted by molar-refractivity contribution is -0.141. The van der Waals surface area contributed by atoms with E-state index in [-0.39, 0.29) is 24.3 Å². The summed E-state index contributed by atoms with van der Waals surface area (Å²) in [6.45, 7) is 8.09. The van der Waals surface area contributed by atoms with Gasteiger partial charge < -0.3 is 10.2 Å². The smallest absolute Gasteiger partial charge is 0.243 e. The minimum Gasteiger partial charge on any atom is -0.352 e. The highest BCUT2D eigenvalue weighted by molar-refractivity contribution is 6.35. The Morgan fingerprint density at radius 2 is 1.83 bits per heavy atom. The molecule has 0 saturated carbocycles. The van der Waals surface area contributed by atoms with E-state index in [2.05, 4.69) is 5.32 Å². The molecule has 1 unspecified atom stereocenters. The quantitative estimate of drug-likeness (QED) is 0.622. The van der Waals surface area contributed by atoms with E-state index in [0.29, 0.717) is 28.6 Å². The van der Waals surface area contributed by atoms with Crippen molar-refractivity contribution in [3.8, 4) is 0 Å². The van der Waals surface area contributed by atoms with Crippen LogP contribution in [0.15, 0.2) is 42.5 Å². The summed E-state index contributed by atoms with van der Waals surface area (Å²) in [5.74, 6) is -0.299. The minimum atomic E-state index is -0.559. The number of hydrogen-bond acceptors (Lipinski definition) is 2. The van der Waals surface area contributed by atoms with E-state index >= 15 is 0 Å². The molecule has 2 rings (SSSR count). The van der Waals surface area contributed by atoms with Crippen molar-refractivity contribution >= 4 is 35.0 Å². The fourth-order valence-electron chi connectivity index (χ4n) is 3.24. The fourth-order valence-corrected chi connectivity index (χ4v) is 3.71. The number of carbonyl (C=O) groups is 2. The van der Waals surface area contributed by atoms with E-state index in [0.717, 1.165) is 11.1 Å². The number of halogens is 2. The van der Waals surface area contributed by atoms with Gasteiger partial charge in [-0.3, -0.25) is 9.59 Å². The summed E-state index contributed by atoms with van der Waals surface area (Å²) in [4.78, 5) is 27.7. The zero-order valence-electron chi connectivity index (χ0n) is 17.3. The fraction of sp³-hybridized carbons (Fsp3) is 0.391. The second-order valence-electron chi connectivity index (χ2n) is 7.51. The molecule has 0 fully saturated rings. The molecule has 29 heavy (non-hydrogen) atoms. The lowest BCUT2D eigenvalue weighted by atomic mass is 10.1. The van der Waals surface area contributed by atoms with Crippen molar-refractivity contribution in [2.45, 2.75) is 59.2 Å². The average Bonchev–Trinajstić information content (AvgIpc) is 2.63. The van der Waals surface area contributed by atoms with Crippen LogP contribution in [0.4, 0.5) is 0 Å². The van der Waals surface area contributed by atoms with E-state index in [9.17, 15) is 9.59 Å². The standard InChI is InChI=1S/C23H28Cl2N2O2/c1-5-21(23(29)26-15(2)3)27(14-17-8-6-7-16(4)11-17)22(28)12-18-9-10-19(24)13-20(18)25/h6-11,13,15,21H,5,12,14H2,1-4H3,(H,26,29). The molecular weight excluding hydrogens is 407 g/mol. The molecule has 0 spiro atoms. The van der Waals surface area contributed by atoms with Crippen molar-refractivity contribution in [2.24, 2.45) is 0 Å². The van der Waals surface area contributed by atoms with E-state index in [1.54, 1.807) is 23.1 Å². The molecule has 156 valence electrons. The van der Waals surface area contributed by atoms with Crippen LogP contribution >= 0.6 is 23.2 Å². The van der Waals surface area contributed by atoms with Crippen LogP contribution in [0.3, 0.4) is 0 Å². The molecule has 0 aliphatic rings. The lowest BCUT2D eigenvalue weighted by Crippen LogP contribution is -2.50. The number of hydrogen-bond donors (Lipinski definition) is 1. The molecule has 6 heteroatoms. The van der Waals surface area contributed by atoms with Crippen molar-refractivity contribution < 1.29 is 9.59 Å². The summed E-state index contributed by atoms with van der Waals surface area (Å²) in [5.41, 5.74) is 2.78. The zero-order valence-corrected chi connectivity index (χ0v) is 18.8. The number of nitrogens with zero attached hydrogens (tertiary/aromatic N) is 1. The van der Waals surface area contributed by atoms with Crippen LogP contribution in [0, 0.1) is 6.92 Å². The topological polar surface area (TPSA) is 49.4 Å². The number of carbonyl (C=O) groups excluding carboxylic acids is 2. The Hall–Kier alpha value is -2.04. The maximum atomic E-state index is 13.3.